The fraction of sp³-hybridized carbons (Fsp3) is 0. The number of thiophene rings is 1. The lowest BCUT2D eigenvalue weighted by Gasteiger charge is -2.16. The molecule has 0 amide bonds. The molecule has 0 aliphatic rings. The van der Waals surface area contributed by atoms with Crippen molar-refractivity contribution in [1.82, 2.24) is 19.5 Å². The number of benzene rings is 9. The van der Waals surface area contributed by atoms with Crippen molar-refractivity contribution >= 4 is 64.1 Å². The molecule has 0 saturated heterocycles. The Morgan fingerprint density at radius 1 is 0.333 bits per heavy atom. The molecule has 0 aliphatic carbocycles. The highest BCUT2D eigenvalue weighted by molar-refractivity contribution is 7.26. The third-order valence-corrected chi connectivity index (χ3v) is 12.9. The van der Waals surface area contributed by atoms with Crippen LogP contribution in [0.2, 0.25) is 0 Å². The van der Waals surface area contributed by atoms with Gasteiger partial charge in [0, 0.05) is 58.8 Å². The molecule has 0 aliphatic heterocycles. The van der Waals surface area contributed by atoms with Gasteiger partial charge in [0.05, 0.1) is 16.7 Å². The summed E-state index contributed by atoms with van der Waals surface area (Å²) in [6.07, 6.45) is 0. The van der Waals surface area contributed by atoms with Gasteiger partial charge in [0.15, 0.2) is 17.5 Å². The molecule has 12 rings (SSSR count). The molecule has 3 heterocycles. The fourth-order valence-electron chi connectivity index (χ4n) is 8.87. The highest BCUT2D eigenvalue weighted by Gasteiger charge is 2.20. The summed E-state index contributed by atoms with van der Waals surface area (Å²) in [5.41, 5.74) is 10.9. The van der Waals surface area contributed by atoms with Crippen molar-refractivity contribution in [2.45, 2.75) is 0 Å². The zero-order valence-electron chi connectivity index (χ0n) is 32.3. The minimum atomic E-state index is 0.616. The van der Waals surface area contributed by atoms with Gasteiger partial charge in [-0.15, -0.1) is 11.3 Å². The molecule has 4 nitrogen and oxygen atoms in total. The first-order chi connectivity index (χ1) is 29.7. The predicted molar refractivity (Wildman–Crippen MR) is 252 cm³/mol. The van der Waals surface area contributed by atoms with Gasteiger partial charge in [0.25, 0.3) is 0 Å². The molecule has 3 aromatic heterocycles. The Morgan fingerprint density at radius 2 is 0.883 bits per heavy atom. The highest BCUT2D eigenvalue weighted by Crippen LogP contribution is 2.43. The van der Waals surface area contributed by atoms with Crippen molar-refractivity contribution in [2.75, 3.05) is 0 Å². The summed E-state index contributed by atoms with van der Waals surface area (Å²) < 4.78 is 5.00. The molecule has 0 unspecified atom stereocenters. The highest BCUT2D eigenvalue weighted by atomic mass is 32.1. The molecule has 280 valence electrons. The fourth-order valence-corrected chi connectivity index (χ4v) is 10.1. The Morgan fingerprint density at radius 3 is 1.62 bits per heavy atom. The van der Waals surface area contributed by atoms with Gasteiger partial charge in [-0.3, -0.25) is 0 Å². The van der Waals surface area contributed by atoms with E-state index in [9.17, 15) is 0 Å². The van der Waals surface area contributed by atoms with Crippen molar-refractivity contribution in [3.8, 4) is 62.1 Å². The molecule has 12 aromatic rings. The van der Waals surface area contributed by atoms with Gasteiger partial charge in [0.1, 0.15) is 0 Å². The topological polar surface area (TPSA) is 43.6 Å². The lowest BCUT2D eigenvalue weighted by molar-refractivity contribution is 1.07. The van der Waals surface area contributed by atoms with Crippen LogP contribution in [0.15, 0.2) is 206 Å². The van der Waals surface area contributed by atoms with E-state index in [0.717, 1.165) is 49.9 Å². The lowest BCUT2D eigenvalue weighted by Crippen LogP contribution is -2.02. The van der Waals surface area contributed by atoms with Crippen LogP contribution in [0.1, 0.15) is 0 Å². The van der Waals surface area contributed by atoms with Crippen molar-refractivity contribution in [3.05, 3.63) is 206 Å². The third-order valence-electron chi connectivity index (χ3n) is 11.7. The van der Waals surface area contributed by atoms with Crippen LogP contribution in [-0.4, -0.2) is 19.5 Å². The molecule has 0 saturated carbocycles. The van der Waals surface area contributed by atoms with E-state index >= 15 is 0 Å². The Hall–Kier alpha value is -7.73. The Bertz CT molecular complexity index is 3550. The number of hydrogen-bond acceptors (Lipinski definition) is 4. The van der Waals surface area contributed by atoms with Crippen LogP contribution in [-0.2, 0) is 0 Å². The minimum absolute atomic E-state index is 0.616. The molecule has 0 bridgehead atoms. The number of para-hydroxylation sites is 2. The molecule has 0 atom stereocenters. The molecule has 0 radical (unpaired) electrons. The number of nitrogens with zero attached hydrogens (tertiary/aromatic N) is 4. The summed E-state index contributed by atoms with van der Waals surface area (Å²) in [4.78, 5) is 15.6. The lowest BCUT2D eigenvalue weighted by atomic mass is 9.95. The minimum Gasteiger partial charge on any atom is -0.309 e. The summed E-state index contributed by atoms with van der Waals surface area (Å²) in [5, 5.41) is 7.35. The van der Waals surface area contributed by atoms with Crippen LogP contribution in [0.4, 0.5) is 0 Å². The summed E-state index contributed by atoms with van der Waals surface area (Å²) in [6.45, 7) is 0. The zero-order valence-corrected chi connectivity index (χ0v) is 33.1. The van der Waals surface area contributed by atoms with Gasteiger partial charge < -0.3 is 4.57 Å². The summed E-state index contributed by atoms with van der Waals surface area (Å²) in [5.74, 6) is 1.88. The van der Waals surface area contributed by atoms with E-state index in [2.05, 4.69) is 193 Å². The SMILES string of the molecule is c1ccc(-c2nc(-c3ccc(-c4ccccc4)c(-n4c5ccccc5c5ccccc54)c3)nc(-c3ccc4c(-c5cccc6c5sc5ccccc56)cccc4c3)n2)cc1. The van der Waals surface area contributed by atoms with Gasteiger partial charge in [-0.05, 0) is 52.2 Å². The van der Waals surface area contributed by atoms with Gasteiger partial charge in [-0.1, -0.05) is 176 Å². The second-order valence-corrected chi connectivity index (χ2v) is 16.2. The average molecular weight is 783 g/mol. The van der Waals surface area contributed by atoms with Crippen LogP contribution in [0.5, 0.6) is 0 Å². The van der Waals surface area contributed by atoms with Crippen LogP contribution in [0.3, 0.4) is 0 Å². The third kappa shape index (κ3) is 5.63. The van der Waals surface area contributed by atoms with Gasteiger partial charge >= 0.3 is 0 Å². The Labute approximate surface area is 350 Å². The number of rotatable bonds is 6. The maximum absolute atomic E-state index is 5.27. The van der Waals surface area contributed by atoms with Gasteiger partial charge in [0.2, 0.25) is 0 Å². The van der Waals surface area contributed by atoms with E-state index in [1.54, 1.807) is 0 Å². The standard InChI is InChI=1S/C55H34N4S/c1-3-15-35(16-4-1)41-32-30-39(34-50(41)59-48-26-10-7-20-43(48)44-21-8-11-27-49(44)59)55-57-53(36-17-5-2-6-18-36)56-54(58-55)38-29-31-40-37(33-38)19-13-23-42(40)46-24-14-25-47-45-22-9-12-28-51(45)60-52(46)47/h1-34H. The number of aromatic nitrogens is 4. The summed E-state index contributed by atoms with van der Waals surface area (Å²) >= 11 is 1.86. The second-order valence-electron chi connectivity index (χ2n) is 15.2. The molecular formula is C55H34N4S. The smallest absolute Gasteiger partial charge is 0.164 e. The molecule has 0 N–H and O–H groups in total. The largest absolute Gasteiger partial charge is 0.309 e. The van der Waals surface area contributed by atoms with Gasteiger partial charge in [-0.2, -0.15) is 0 Å². The quantitative estimate of drug-likeness (QED) is 0.169. The van der Waals surface area contributed by atoms with Crippen molar-refractivity contribution < 1.29 is 0 Å². The van der Waals surface area contributed by atoms with E-state index in [1.165, 1.54) is 47.5 Å². The molecule has 0 fully saturated rings. The average Bonchev–Trinajstić information content (AvgIpc) is 3.87. The van der Waals surface area contributed by atoms with E-state index in [0.29, 0.717) is 17.5 Å². The van der Waals surface area contributed by atoms with Crippen LogP contribution >= 0.6 is 11.3 Å². The van der Waals surface area contributed by atoms with E-state index < -0.39 is 0 Å². The zero-order chi connectivity index (χ0) is 39.6. The molecule has 60 heavy (non-hydrogen) atoms. The van der Waals surface area contributed by atoms with Crippen LogP contribution in [0, 0.1) is 0 Å². The Kier molecular flexibility index (Phi) is 8.00. The van der Waals surface area contributed by atoms with E-state index in [1.807, 2.05) is 29.5 Å². The second kappa shape index (κ2) is 14.0. The van der Waals surface area contributed by atoms with Crippen LogP contribution < -0.4 is 0 Å². The van der Waals surface area contributed by atoms with Crippen molar-refractivity contribution in [3.63, 3.8) is 0 Å². The maximum Gasteiger partial charge on any atom is 0.164 e. The normalized spacial score (nSPS) is 11.7. The Balaban J connectivity index is 1.04. The molecule has 5 heteroatoms. The first-order valence-corrected chi connectivity index (χ1v) is 21.0. The monoisotopic (exact) mass is 782 g/mol. The first kappa shape index (κ1) is 34.3. The number of hydrogen-bond donors (Lipinski definition) is 0. The van der Waals surface area contributed by atoms with Crippen molar-refractivity contribution in [1.29, 1.82) is 0 Å². The predicted octanol–water partition coefficient (Wildman–Crippen LogP) is 14.8. The van der Waals surface area contributed by atoms with E-state index in [-0.39, 0.29) is 0 Å². The van der Waals surface area contributed by atoms with Crippen molar-refractivity contribution in [2.24, 2.45) is 0 Å². The summed E-state index contributed by atoms with van der Waals surface area (Å²) in [6, 6.07) is 73.3. The maximum atomic E-state index is 5.27. The summed E-state index contributed by atoms with van der Waals surface area (Å²) in [7, 11) is 0. The van der Waals surface area contributed by atoms with E-state index in [4.69, 9.17) is 15.0 Å². The van der Waals surface area contributed by atoms with Gasteiger partial charge in [-0.25, -0.2) is 15.0 Å². The first-order valence-electron chi connectivity index (χ1n) is 20.2. The molecule has 0 spiro atoms. The molecule has 9 aromatic carbocycles. The van der Waals surface area contributed by atoms with Crippen LogP contribution in [0.25, 0.3) is 115 Å². The number of fused-ring (bicyclic) bond motifs is 7. The molecular weight excluding hydrogens is 749 g/mol.